The number of hydrogen-bond acceptors (Lipinski definition) is 9. The quantitative estimate of drug-likeness (QED) is 0.274. The van der Waals surface area contributed by atoms with Crippen molar-refractivity contribution in [2.24, 2.45) is 5.92 Å². The molecule has 2 fully saturated rings. The summed E-state index contributed by atoms with van der Waals surface area (Å²) in [7, 11) is -2.40. The van der Waals surface area contributed by atoms with Crippen LogP contribution in [0.1, 0.15) is 37.7 Å². The fourth-order valence-corrected chi connectivity index (χ4v) is 8.00. The third-order valence-electron chi connectivity index (χ3n) is 8.31. The molecule has 0 unspecified atom stereocenters. The minimum Gasteiger partial charge on any atom is -0.497 e. The number of carbonyl (C=O) groups excluding carboxylic acids is 2. The molecule has 12 nitrogen and oxygen atoms in total. The molecule has 2 aliphatic rings. The van der Waals surface area contributed by atoms with Crippen LogP contribution in [0.3, 0.4) is 0 Å². The maximum atomic E-state index is 13.7. The zero-order chi connectivity index (χ0) is 33.4. The van der Waals surface area contributed by atoms with Gasteiger partial charge in [-0.05, 0) is 87.3 Å². The summed E-state index contributed by atoms with van der Waals surface area (Å²) < 4.78 is 33.8. The fraction of sp³-hybridized carbons (Fsp3) is 0.394. The van der Waals surface area contributed by atoms with Gasteiger partial charge >= 0.3 is 5.97 Å². The number of piperidine rings is 2. The molecular formula is C33H37N5O7S2. The van der Waals surface area contributed by atoms with Crippen molar-refractivity contribution in [3.63, 3.8) is 0 Å². The van der Waals surface area contributed by atoms with Gasteiger partial charge in [-0.15, -0.1) is 11.3 Å². The van der Waals surface area contributed by atoms with Crippen LogP contribution in [0.2, 0.25) is 0 Å². The summed E-state index contributed by atoms with van der Waals surface area (Å²) in [6.45, 7) is 2.56. The van der Waals surface area contributed by atoms with Crippen molar-refractivity contribution in [3.8, 4) is 28.8 Å². The van der Waals surface area contributed by atoms with Crippen molar-refractivity contribution in [2.45, 2.75) is 43.0 Å². The van der Waals surface area contributed by atoms with Gasteiger partial charge in [0.25, 0.3) is 5.91 Å². The van der Waals surface area contributed by atoms with Crippen molar-refractivity contribution in [3.05, 3.63) is 59.5 Å². The van der Waals surface area contributed by atoms with Gasteiger partial charge in [0.2, 0.25) is 15.9 Å². The van der Waals surface area contributed by atoms with E-state index >= 15 is 0 Å². The second kappa shape index (κ2) is 15.5. The number of thiazole rings is 1. The van der Waals surface area contributed by atoms with Crippen LogP contribution in [0.15, 0.2) is 58.8 Å². The number of methoxy groups -OCH3 is 1. The SMILES string of the molecule is COc1ccc(-c2csc(NC(=O)[C@H]3CCCCN3S(=O)(=O)c3ccc(C#CC(=O)NCCN4CCC(C(=O)O)CC4)cc3)n2)cc1. The van der Waals surface area contributed by atoms with E-state index in [1.165, 1.54) is 39.9 Å². The van der Waals surface area contributed by atoms with Crippen molar-refractivity contribution in [1.29, 1.82) is 0 Å². The number of benzene rings is 2. The van der Waals surface area contributed by atoms with Gasteiger partial charge < -0.3 is 25.4 Å². The predicted molar refractivity (Wildman–Crippen MR) is 177 cm³/mol. The molecule has 1 aromatic heterocycles. The molecule has 2 saturated heterocycles. The largest absolute Gasteiger partial charge is 0.497 e. The first-order valence-corrected chi connectivity index (χ1v) is 17.7. The van der Waals surface area contributed by atoms with E-state index in [4.69, 9.17) is 9.84 Å². The van der Waals surface area contributed by atoms with Crippen LogP contribution in [0, 0.1) is 17.8 Å². The van der Waals surface area contributed by atoms with Gasteiger partial charge in [0.15, 0.2) is 5.13 Å². The summed E-state index contributed by atoms with van der Waals surface area (Å²) >= 11 is 1.27. The van der Waals surface area contributed by atoms with Gasteiger partial charge in [-0.1, -0.05) is 12.3 Å². The molecule has 2 aliphatic heterocycles. The van der Waals surface area contributed by atoms with Crippen LogP contribution >= 0.6 is 11.3 Å². The molecule has 0 radical (unpaired) electrons. The number of nitrogens with zero attached hydrogens (tertiary/aromatic N) is 3. The lowest BCUT2D eigenvalue weighted by Gasteiger charge is -2.33. The number of ether oxygens (including phenoxy) is 1. The average molecular weight is 680 g/mol. The Kier molecular flexibility index (Phi) is 11.3. The Balaban J connectivity index is 1.15. The Morgan fingerprint density at radius 3 is 2.43 bits per heavy atom. The number of aliphatic carboxylic acids is 1. The maximum Gasteiger partial charge on any atom is 0.306 e. The number of carboxylic acid groups (broad SMARTS) is 1. The normalized spacial score (nSPS) is 17.7. The number of aromatic nitrogens is 1. The second-order valence-electron chi connectivity index (χ2n) is 11.4. The summed E-state index contributed by atoms with van der Waals surface area (Å²) in [6.07, 6.45) is 2.95. The number of anilines is 1. The zero-order valence-electron chi connectivity index (χ0n) is 26.0. The molecule has 0 spiro atoms. The number of carbonyl (C=O) groups is 3. The number of amides is 2. The first-order valence-electron chi connectivity index (χ1n) is 15.4. The van der Waals surface area contributed by atoms with Crippen LogP contribution in [0.4, 0.5) is 5.13 Å². The van der Waals surface area contributed by atoms with Gasteiger partial charge in [-0.25, -0.2) is 13.4 Å². The molecule has 3 N–H and O–H groups in total. The Labute approximate surface area is 278 Å². The predicted octanol–water partition coefficient (Wildman–Crippen LogP) is 3.26. The molecule has 14 heteroatoms. The fourth-order valence-electron chi connectivity index (χ4n) is 5.62. The Hall–Kier alpha value is -4.29. The van der Waals surface area contributed by atoms with Crippen molar-refractivity contribution in [1.82, 2.24) is 19.5 Å². The lowest BCUT2D eigenvalue weighted by atomic mass is 9.97. The summed E-state index contributed by atoms with van der Waals surface area (Å²) in [6, 6.07) is 12.5. The van der Waals surface area contributed by atoms with Crippen molar-refractivity contribution >= 4 is 44.3 Å². The van der Waals surface area contributed by atoms with Crippen molar-refractivity contribution < 1.29 is 32.6 Å². The zero-order valence-corrected chi connectivity index (χ0v) is 27.6. The molecule has 2 aromatic carbocycles. The van der Waals surface area contributed by atoms with Crippen LogP contribution in [-0.2, 0) is 24.4 Å². The monoisotopic (exact) mass is 679 g/mol. The van der Waals surface area contributed by atoms with Crippen molar-refractivity contribution in [2.75, 3.05) is 45.2 Å². The standard InChI is InChI=1S/C33H37N5O7S2/c1-45-26-10-8-24(9-11-26)28-22-46-33(35-28)36-31(40)29-4-2-3-18-38(29)47(43,44)27-12-5-23(6-13-27)7-14-30(39)34-17-21-37-19-15-25(16-20-37)32(41)42/h5-6,8-13,22,25,29H,2-4,15-21H2,1H3,(H,34,39)(H,41,42)(H,35,36,40)/t29-/m1/s1. The van der Waals surface area contributed by atoms with Crippen LogP contribution < -0.4 is 15.4 Å². The molecule has 0 saturated carbocycles. The summed E-state index contributed by atoms with van der Waals surface area (Å²) in [5.74, 6) is 4.06. The average Bonchev–Trinajstić information content (AvgIpc) is 3.56. The number of hydrogen-bond donors (Lipinski definition) is 3. The maximum absolute atomic E-state index is 13.7. The van der Waals surface area contributed by atoms with E-state index in [1.54, 1.807) is 7.11 Å². The second-order valence-corrected chi connectivity index (χ2v) is 14.1. The van der Waals surface area contributed by atoms with E-state index in [-0.39, 0.29) is 17.4 Å². The number of sulfonamides is 1. The molecule has 0 aliphatic carbocycles. The number of carboxylic acids is 1. The molecule has 2 amide bonds. The van der Waals surface area contributed by atoms with E-state index in [2.05, 4.69) is 32.4 Å². The molecule has 1 atom stereocenters. The Morgan fingerprint density at radius 1 is 1.02 bits per heavy atom. The molecule has 0 bridgehead atoms. The summed E-state index contributed by atoms with van der Waals surface area (Å²) in [5, 5.41) is 16.9. The van der Waals surface area contributed by atoms with E-state index in [1.807, 2.05) is 29.6 Å². The highest BCUT2D eigenvalue weighted by Gasteiger charge is 2.38. The van der Waals surface area contributed by atoms with Crippen LogP contribution in [0.25, 0.3) is 11.3 Å². The lowest BCUT2D eigenvalue weighted by Crippen LogP contribution is -2.49. The number of rotatable bonds is 10. The summed E-state index contributed by atoms with van der Waals surface area (Å²) in [4.78, 5) is 43.3. The van der Waals surface area contributed by atoms with Crippen LogP contribution in [-0.4, -0.2) is 91.4 Å². The Bertz CT molecular complexity index is 1740. The van der Waals surface area contributed by atoms with E-state index in [0.717, 1.165) is 17.7 Å². The van der Waals surface area contributed by atoms with E-state index in [0.29, 0.717) is 68.3 Å². The van der Waals surface area contributed by atoms with Gasteiger partial charge in [-0.3, -0.25) is 14.4 Å². The smallest absolute Gasteiger partial charge is 0.306 e. The third-order valence-corrected chi connectivity index (χ3v) is 11.0. The minimum atomic E-state index is -3.99. The van der Waals surface area contributed by atoms with Gasteiger partial charge in [-0.2, -0.15) is 4.31 Å². The highest BCUT2D eigenvalue weighted by Crippen LogP contribution is 2.29. The first-order chi connectivity index (χ1) is 22.6. The third kappa shape index (κ3) is 8.75. The minimum absolute atomic E-state index is 0.0370. The Morgan fingerprint density at radius 2 is 1.74 bits per heavy atom. The van der Waals surface area contributed by atoms with Gasteiger partial charge in [0.05, 0.1) is 23.6 Å². The molecule has 3 heterocycles. The highest BCUT2D eigenvalue weighted by atomic mass is 32.2. The topological polar surface area (TPSA) is 158 Å². The van der Waals surface area contributed by atoms with E-state index < -0.39 is 33.8 Å². The molecule has 47 heavy (non-hydrogen) atoms. The molecule has 248 valence electrons. The van der Waals surface area contributed by atoms with E-state index in [9.17, 15) is 22.8 Å². The number of nitrogens with one attached hydrogen (secondary N) is 2. The lowest BCUT2D eigenvalue weighted by molar-refractivity contribution is -0.143. The molecule has 3 aromatic rings. The molecule has 5 rings (SSSR count). The number of likely N-dealkylation sites (tertiary alicyclic amines) is 1. The first kappa shape index (κ1) is 34.1. The highest BCUT2D eigenvalue weighted by molar-refractivity contribution is 7.89. The van der Waals surface area contributed by atoms with Gasteiger partial charge in [0, 0.05) is 42.1 Å². The van der Waals surface area contributed by atoms with Gasteiger partial charge in [0.1, 0.15) is 11.8 Å². The summed E-state index contributed by atoms with van der Waals surface area (Å²) in [5.41, 5.74) is 2.03. The molecular weight excluding hydrogens is 643 g/mol. The van der Waals surface area contributed by atoms with Crippen LogP contribution in [0.5, 0.6) is 5.75 Å².